The zero-order valence-corrected chi connectivity index (χ0v) is 23.7. The van der Waals surface area contributed by atoms with Gasteiger partial charge in [0.2, 0.25) is 11.8 Å². The fourth-order valence-corrected chi connectivity index (χ4v) is 4.30. The summed E-state index contributed by atoms with van der Waals surface area (Å²) in [6, 6.07) is 31.6. The number of nitrogens with zero attached hydrogens (tertiary/aromatic N) is 2. The number of amides is 2. The van der Waals surface area contributed by atoms with Crippen LogP contribution >= 0.6 is 11.8 Å². The summed E-state index contributed by atoms with van der Waals surface area (Å²) < 4.78 is 0. The molecule has 0 heterocycles. The van der Waals surface area contributed by atoms with Crippen LogP contribution in [-0.2, 0) is 9.59 Å². The van der Waals surface area contributed by atoms with Gasteiger partial charge in [-0.25, -0.2) is 10.9 Å². The molecule has 4 aromatic rings. The van der Waals surface area contributed by atoms with Crippen LogP contribution in [0.25, 0.3) is 0 Å². The number of rotatable bonds is 12. The topological polar surface area (TPSA) is 107 Å². The van der Waals surface area contributed by atoms with Crippen LogP contribution in [-0.4, -0.2) is 35.7 Å². The van der Waals surface area contributed by atoms with E-state index in [2.05, 4.69) is 57.7 Å². The van der Waals surface area contributed by atoms with E-state index in [1.54, 1.807) is 12.4 Å². The molecule has 0 atom stereocenters. The quantitative estimate of drug-likeness (QED) is 0.122. The Morgan fingerprint density at radius 2 is 1.00 bits per heavy atom. The van der Waals surface area contributed by atoms with Crippen LogP contribution in [0, 0.1) is 13.8 Å². The van der Waals surface area contributed by atoms with Crippen molar-refractivity contribution in [3.8, 4) is 0 Å². The summed E-state index contributed by atoms with van der Waals surface area (Å²) in [7, 11) is 0. The van der Waals surface area contributed by atoms with Crippen molar-refractivity contribution in [1.29, 1.82) is 0 Å². The van der Waals surface area contributed by atoms with E-state index >= 15 is 0 Å². The van der Waals surface area contributed by atoms with Gasteiger partial charge in [0.15, 0.2) is 0 Å². The molecule has 0 aliphatic rings. The second-order valence-corrected chi connectivity index (χ2v) is 10.2. The van der Waals surface area contributed by atoms with Gasteiger partial charge < -0.3 is 10.6 Å². The van der Waals surface area contributed by atoms with Gasteiger partial charge in [-0.1, -0.05) is 60.7 Å². The Kier molecular flexibility index (Phi) is 10.7. The van der Waals surface area contributed by atoms with Gasteiger partial charge >= 0.3 is 0 Å². The van der Waals surface area contributed by atoms with Gasteiger partial charge in [0.25, 0.3) is 0 Å². The van der Waals surface area contributed by atoms with Crippen LogP contribution in [0.15, 0.2) is 107 Å². The van der Waals surface area contributed by atoms with Crippen molar-refractivity contribution in [1.82, 2.24) is 10.9 Å². The lowest BCUT2D eigenvalue weighted by Gasteiger charge is -2.09. The molecule has 9 heteroatoms. The van der Waals surface area contributed by atoms with E-state index in [1.807, 2.05) is 84.9 Å². The Labute approximate surface area is 244 Å². The first-order valence-corrected chi connectivity index (χ1v) is 14.2. The van der Waals surface area contributed by atoms with Crippen molar-refractivity contribution in [2.45, 2.75) is 13.8 Å². The number of thioether (sulfide) groups is 1. The number of benzene rings is 4. The number of hydrazone groups is 2. The van der Waals surface area contributed by atoms with E-state index in [4.69, 9.17) is 0 Å². The fourth-order valence-electron chi connectivity index (χ4n) is 3.70. The lowest BCUT2D eigenvalue weighted by atomic mass is 10.2. The Balaban J connectivity index is 1.11. The number of hydrogen-bond acceptors (Lipinski definition) is 7. The van der Waals surface area contributed by atoms with Crippen molar-refractivity contribution in [2.24, 2.45) is 10.2 Å². The number of anilines is 4. The third kappa shape index (κ3) is 9.66. The molecule has 0 aliphatic carbocycles. The van der Waals surface area contributed by atoms with E-state index in [1.165, 1.54) is 11.8 Å². The van der Waals surface area contributed by atoms with Crippen LogP contribution in [0.3, 0.4) is 0 Å². The van der Waals surface area contributed by atoms with E-state index in [0.29, 0.717) is 0 Å². The van der Waals surface area contributed by atoms with E-state index in [9.17, 15) is 9.59 Å². The SMILES string of the molecule is Cc1ccccc1Nc1ccc(/C=N\NC(=O)CSCC(=O)N/N=C/c2ccc(Nc3ccccc3C)cc2)cc1. The summed E-state index contributed by atoms with van der Waals surface area (Å²) in [5.41, 5.74) is 13.0. The Morgan fingerprint density at radius 3 is 1.39 bits per heavy atom. The number of carbonyl (C=O) groups is 2. The number of aryl methyl sites for hydroxylation is 2. The molecule has 0 saturated heterocycles. The van der Waals surface area contributed by atoms with Crippen LogP contribution in [0.1, 0.15) is 22.3 Å². The van der Waals surface area contributed by atoms with Gasteiger partial charge in [-0.2, -0.15) is 10.2 Å². The van der Waals surface area contributed by atoms with Crippen LogP contribution in [0.5, 0.6) is 0 Å². The molecule has 0 unspecified atom stereocenters. The highest BCUT2D eigenvalue weighted by molar-refractivity contribution is 8.00. The molecule has 2 amide bonds. The maximum absolute atomic E-state index is 12.0. The normalized spacial score (nSPS) is 11.0. The van der Waals surface area contributed by atoms with Crippen molar-refractivity contribution < 1.29 is 9.59 Å². The molecule has 0 aliphatic heterocycles. The molecule has 41 heavy (non-hydrogen) atoms. The van der Waals surface area contributed by atoms with Gasteiger partial charge in [0.1, 0.15) is 0 Å². The van der Waals surface area contributed by atoms with Crippen LogP contribution in [0.4, 0.5) is 22.7 Å². The zero-order valence-electron chi connectivity index (χ0n) is 22.9. The van der Waals surface area contributed by atoms with Crippen LogP contribution in [0.2, 0.25) is 0 Å². The Hall–Kier alpha value is -4.89. The first-order valence-electron chi connectivity index (χ1n) is 13.0. The number of nitrogens with one attached hydrogen (secondary N) is 4. The molecule has 4 aromatic carbocycles. The summed E-state index contributed by atoms with van der Waals surface area (Å²) >= 11 is 1.18. The van der Waals surface area contributed by atoms with Crippen molar-refractivity contribution in [3.05, 3.63) is 119 Å². The standard InChI is InChI=1S/C32H32N6O2S/c1-23-7-3-5-9-29(23)35-27-15-11-25(12-16-27)19-33-37-31(39)21-41-22-32(40)38-34-20-26-13-17-28(18-14-26)36-30-10-6-4-8-24(30)2/h3-20,35-36H,21-22H2,1-2H3,(H,37,39)(H,38,40)/b33-19-,34-20+. The first kappa shape index (κ1) is 29.1. The monoisotopic (exact) mass is 564 g/mol. The summed E-state index contributed by atoms with van der Waals surface area (Å²) in [4.78, 5) is 24.1. The van der Waals surface area contributed by atoms with Crippen LogP contribution < -0.4 is 21.5 Å². The zero-order chi connectivity index (χ0) is 28.9. The minimum absolute atomic E-state index is 0.100. The highest BCUT2D eigenvalue weighted by Gasteiger charge is 2.05. The maximum Gasteiger partial charge on any atom is 0.250 e. The van der Waals surface area contributed by atoms with Crippen molar-refractivity contribution in [3.63, 3.8) is 0 Å². The molecule has 0 bridgehead atoms. The van der Waals surface area contributed by atoms with Crippen molar-refractivity contribution >= 4 is 58.8 Å². The van der Waals surface area contributed by atoms with Gasteiger partial charge in [-0.05, 0) is 72.5 Å². The van der Waals surface area contributed by atoms with Gasteiger partial charge in [-0.15, -0.1) is 11.8 Å². The molecule has 4 rings (SSSR count). The second kappa shape index (κ2) is 15.0. The Bertz CT molecular complexity index is 1400. The van der Waals surface area contributed by atoms with E-state index in [0.717, 1.165) is 45.0 Å². The second-order valence-electron chi connectivity index (χ2n) is 9.20. The summed E-state index contributed by atoms with van der Waals surface area (Å²) in [6.07, 6.45) is 3.15. The predicted molar refractivity (Wildman–Crippen MR) is 171 cm³/mol. The maximum atomic E-state index is 12.0. The van der Waals surface area contributed by atoms with E-state index in [-0.39, 0.29) is 23.3 Å². The van der Waals surface area contributed by atoms with Gasteiger partial charge in [-0.3, -0.25) is 9.59 Å². The molecule has 0 saturated carbocycles. The molecule has 0 radical (unpaired) electrons. The summed E-state index contributed by atoms with van der Waals surface area (Å²) in [5.74, 6) is -0.383. The smallest absolute Gasteiger partial charge is 0.250 e. The molecule has 8 nitrogen and oxygen atoms in total. The average molecular weight is 565 g/mol. The number of carbonyl (C=O) groups excluding carboxylic acids is 2. The molecular formula is C32H32N6O2S. The fraction of sp³-hybridized carbons (Fsp3) is 0.125. The van der Waals surface area contributed by atoms with Gasteiger partial charge in [0, 0.05) is 22.7 Å². The highest BCUT2D eigenvalue weighted by Crippen LogP contribution is 2.21. The molecule has 0 aromatic heterocycles. The molecule has 208 valence electrons. The average Bonchev–Trinajstić information content (AvgIpc) is 2.97. The molecular weight excluding hydrogens is 532 g/mol. The third-order valence-electron chi connectivity index (χ3n) is 5.94. The number of para-hydroxylation sites is 2. The molecule has 0 fully saturated rings. The van der Waals surface area contributed by atoms with Gasteiger partial charge in [0.05, 0.1) is 23.9 Å². The van der Waals surface area contributed by atoms with Crippen molar-refractivity contribution in [2.75, 3.05) is 22.1 Å². The minimum atomic E-state index is -0.292. The summed E-state index contributed by atoms with van der Waals surface area (Å²) in [5, 5.41) is 14.7. The minimum Gasteiger partial charge on any atom is -0.355 e. The predicted octanol–water partition coefficient (Wildman–Crippen LogP) is 6.12. The molecule has 0 spiro atoms. The third-order valence-corrected chi connectivity index (χ3v) is 6.87. The largest absolute Gasteiger partial charge is 0.355 e. The lowest BCUT2D eigenvalue weighted by molar-refractivity contribution is -0.118. The number of hydrogen-bond donors (Lipinski definition) is 4. The Morgan fingerprint density at radius 1 is 0.610 bits per heavy atom. The summed E-state index contributed by atoms with van der Waals surface area (Å²) in [6.45, 7) is 4.11. The lowest BCUT2D eigenvalue weighted by Crippen LogP contribution is -2.23. The first-order chi connectivity index (χ1) is 20.0. The van der Waals surface area contributed by atoms with E-state index < -0.39 is 0 Å². The highest BCUT2D eigenvalue weighted by atomic mass is 32.2. The molecule has 4 N–H and O–H groups in total.